The number of para-hydroxylation sites is 1. The Hall–Kier alpha value is -0.850. The zero-order valence-corrected chi connectivity index (χ0v) is 13.8. The van der Waals surface area contributed by atoms with E-state index < -0.39 is 9.84 Å². The summed E-state index contributed by atoms with van der Waals surface area (Å²) < 4.78 is 24.4. The zero-order chi connectivity index (χ0) is 14.0. The first kappa shape index (κ1) is 14.6. The van der Waals surface area contributed by atoms with Crippen molar-refractivity contribution in [3.8, 4) is 0 Å². The molecule has 0 spiro atoms. The lowest BCUT2D eigenvalue weighted by atomic mass is 10.3. The monoisotopic (exact) mass is 359 g/mol. The van der Waals surface area contributed by atoms with Crippen LogP contribution in [-0.4, -0.2) is 14.7 Å². The smallest absolute Gasteiger partial charge is 0.177 e. The summed E-state index contributed by atoms with van der Waals surface area (Å²) in [5.74, 6) is 0. The van der Waals surface area contributed by atoms with E-state index in [9.17, 15) is 8.42 Å². The maximum Gasteiger partial charge on any atom is 0.177 e. The highest BCUT2D eigenvalue weighted by Gasteiger charge is 2.12. The number of thiophene rings is 1. The number of halogens is 1. The number of hydrogen-bond acceptors (Lipinski definition) is 4. The number of anilines is 1. The number of rotatable bonds is 4. The number of benzene rings is 1. The van der Waals surface area contributed by atoms with Gasteiger partial charge in [-0.05, 0) is 41.1 Å². The summed E-state index contributed by atoms with van der Waals surface area (Å²) in [5.41, 5.74) is 0.646. The van der Waals surface area contributed by atoms with Crippen molar-refractivity contribution in [2.45, 2.75) is 18.4 Å². The molecule has 0 bridgehead atoms. The number of sulfone groups is 1. The average Bonchev–Trinajstić information content (AvgIpc) is 2.65. The molecule has 6 heteroatoms. The molecule has 0 radical (unpaired) electrons. The van der Waals surface area contributed by atoms with Gasteiger partial charge in [0.05, 0.1) is 10.6 Å². The summed E-state index contributed by atoms with van der Waals surface area (Å²) in [6.07, 6.45) is 1.22. The van der Waals surface area contributed by atoms with Crippen molar-refractivity contribution in [3.05, 3.63) is 44.6 Å². The Labute approximate surface area is 125 Å². The predicted molar refractivity (Wildman–Crippen MR) is 83.6 cm³/mol. The van der Waals surface area contributed by atoms with E-state index in [2.05, 4.69) is 27.3 Å². The van der Waals surface area contributed by atoms with Crippen molar-refractivity contribution in [1.29, 1.82) is 0 Å². The van der Waals surface area contributed by atoms with E-state index in [4.69, 9.17) is 0 Å². The second-order valence-electron chi connectivity index (χ2n) is 4.24. The molecule has 0 amide bonds. The zero-order valence-electron chi connectivity index (χ0n) is 10.6. The minimum Gasteiger partial charge on any atom is -0.379 e. The first-order valence-electron chi connectivity index (χ1n) is 5.65. The first-order chi connectivity index (χ1) is 8.88. The van der Waals surface area contributed by atoms with Crippen LogP contribution in [0.1, 0.15) is 9.75 Å². The Morgan fingerprint density at radius 2 is 2.00 bits per heavy atom. The summed E-state index contributed by atoms with van der Waals surface area (Å²) in [6, 6.07) is 9.01. The standard InChI is InChI=1S/C13H14BrNO2S2/c1-9-11(14)7-10(18-9)8-15-12-5-3-4-6-13(12)19(2,16)17/h3-7,15H,8H2,1-2H3. The van der Waals surface area contributed by atoms with Gasteiger partial charge in [-0.2, -0.15) is 0 Å². The van der Waals surface area contributed by atoms with Crippen LogP contribution in [0.3, 0.4) is 0 Å². The van der Waals surface area contributed by atoms with Gasteiger partial charge in [0.1, 0.15) is 0 Å². The van der Waals surface area contributed by atoms with Gasteiger partial charge in [0, 0.05) is 27.0 Å². The quantitative estimate of drug-likeness (QED) is 0.901. The van der Waals surface area contributed by atoms with E-state index >= 15 is 0 Å². The number of nitrogens with one attached hydrogen (secondary N) is 1. The molecule has 0 aliphatic rings. The Kier molecular flexibility index (Phi) is 4.32. The third-order valence-electron chi connectivity index (χ3n) is 2.65. The predicted octanol–water partition coefficient (Wildman–Crippen LogP) is 3.83. The van der Waals surface area contributed by atoms with Crippen LogP contribution in [0.4, 0.5) is 5.69 Å². The molecule has 0 saturated heterocycles. The fourth-order valence-corrected chi connectivity index (χ4v) is 4.13. The van der Waals surface area contributed by atoms with Gasteiger partial charge in [-0.25, -0.2) is 8.42 Å². The van der Waals surface area contributed by atoms with Gasteiger partial charge in [-0.15, -0.1) is 11.3 Å². The van der Waals surface area contributed by atoms with Gasteiger partial charge >= 0.3 is 0 Å². The molecule has 3 nitrogen and oxygen atoms in total. The van der Waals surface area contributed by atoms with Crippen LogP contribution in [0.5, 0.6) is 0 Å². The summed E-state index contributed by atoms with van der Waals surface area (Å²) in [6.45, 7) is 2.66. The van der Waals surface area contributed by atoms with Crippen LogP contribution in [0.25, 0.3) is 0 Å². The van der Waals surface area contributed by atoms with Crippen LogP contribution in [0, 0.1) is 6.92 Å². The Morgan fingerprint density at radius 3 is 2.58 bits per heavy atom. The molecule has 19 heavy (non-hydrogen) atoms. The topological polar surface area (TPSA) is 46.2 Å². The normalized spacial score (nSPS) is 11.5. The summed E-state index contributed by atoms with van der Waals surface area (Å²) in [5, 5.41) is 3.19. The third kappa shape index (κ3) is 3.58. The van der Waals surface area contributed by atoms with E-state index in [-0.39, 0.29) is 0 Å². The van der Waals surface area contributed by atoms with Crippen molar-refractivity contribution >= 4 is 42.8 Å². The summed E-state index contributed by atoms with van der Waals surface area (Å²) in [7, 11) is -3.21. The van der Waals surface area contributed by atoms with E-state index in [1.807, 2.05) is 13.0 Å². The van der Waals surface area contributed by atoms with Gasteiger partial charge in [0.2, 0.25) is 0 Å². The molecule has 0 aliphatic carbocycles. The van der Waals surface area contributed by atoms with Gasteiger partial charge in [0.25, 0.3) is 0 Å². The first-order valence-corrected chi connectivity index (χ1v) is 9.16. The largest absolute Gasteiger partial charge is 0.379 e. The van der Waals surface area contributed by atoms with Gasteiger partial charge in [-0.1, -0.05) is 12.1 Å². The Bertz CT molecular complexity index is 673. The Balaban J connectivity index is 2.21. The highest BCUT2D eigenvalue weighted by atomic mass is 79.9. The van der Waals surface area contributed by atoms with Crippen LogP contribution in [-0.2, 0) is 16.4 Å². The molecular weight excluding hydrogens is 346 g/mol. The molecule has 0 aliphatic heterocycles. The second kappa shape index (κ2) is 5.64. The minimum absolute atomic E-state index is 0.336. The molecule has 2 rings (SSSR count). The van der Waals surface area contributed by atoms with E-state index in [0.29, 0.717) is 17.1 Å². The molecule has 0 atom stereocenters. The fraction of sp³-hybridized carbons (Fsp3) is 0.231. The second-order valence-corrected chi connectivity index (χ2v) is 8.42. The van der Waals surface area contributed by atoms with Crippen molar-refractivity contribution in [2.75, 3.05) is 11.6 Å². The molecule has 1 N–H and O–H groups in total. The lowest BCUT2D eigenvalue weighted by molar-refractivity contribution is 0.602. The maximum atomic E-state index is 11.7. The van der Waals surface area contributed by atoms with Crippen molar-refractivity contribution in [2.24, 2.45) is 0 Å². The average molecular weight is 360 g/mol. The van der Waals surface area contributed by atoms with Crippen molar-refractivity contribution in [1.82, 2.24) is 0 Å². The molecule has 102 valence electrons. The van der Waals surface area contributed by atoms with Gasteiger partial charge < -0.3 is 5.32 Å². The number of aryl methyl sites for hydroxylation is 1. The van der Waals surface area contributed by atoms with Crippen LogP contribution in [0.15, 0.2) is 39.7 Å². The number of hydrogen-bond donors (Lipinski definition) is 1. The van der Waals surface area contributed by atoms with Crippen molar-refractivity contribution in [3.63, 3.8) is 0 Å². The Morgan fingerprint density at radius 1 is 1.32 bits per heavy atom. The van der Waals surface area contributed by atoms with Crippen molar-refractivity contribution < 1.29 is 8.42 Å². The SMILES string of the molecule is Cc1sc(CNc2ccccc2S(C)(=O)=O)cc1Br. The van der Waals surface area contributed by atoms with E-state index in [1.165, 1.54) is 11.1 Å². The molecule has 1 heterocycles. The van der Waals surface area contributed by atoms with E-state index in [1.54, 1.807) is 29.5 Å². The lowest BCUT2D eigenvalue weighted by Crippen LogP contribution is -2.05. The minimum atomic E-state index is -3.21. The maximum absolute atomic E-state index is 11.7. The van der Waals surface area contributed by atoms with Crippen LogP contribution in [0.2, 0.25) is 0 Å². The molecular formula is C13H14BrNO2S2. The summed E-state index contributed by atoms with van der Waals surface area (Å²) in [4.78, 5) is 2.71. The molecule has 2 aromatic rings. The van der Waals surface area contributed by atoms with Crippen LogP contribution < -0.4 is 5.32 Å². The van der Waals surface area contributed by atoms with Gasteiger partial charge in [0.15, 0.2) is 9.84 Å². The summed E-state index contributed by atoms with van der Waals surface area (Å²) >= 11 is 5.16. The molecule has 1 aromatic carbocycles. The third-order valence-corrected chi connectivity index (χ3v) is 5.94. The van der Waals surface area contributed by atoms with E-state index in [0.717, 1.165) is 9.35 Å². The van der Waals surface area contributed by atoms with Gasteiger partial charge in [-0.3, -0.25) is 0 Å². The highest BCUT2D eigenvalue weighted by Crippen LogP contribution is 2.28. The molecule has 0 fully saturated rings. The lowest BCUT2D eigenvalue weighted by Gasteiger charge is -2.09. The molecule has 0 unspecified atom stereocenters. The fourth-order valence-electron chi connectivity index (χ4n) is 1.72. The molecule has 1 aromatic heterocycles. The molecule has 0 saturated carbocycles. The highest BCUT2D eigenvalue weighted by molar-refractivity contribution is 9.10. The van der Waals surface area contributed by atoms with Crippen LogP contribution >= 0.6 is 27.3 Å².